The molecule has 2 aromatic rings. The maximum absolute atomic E-state index is 13.1. The van der Waals surface area contributed by atoms with Gasteiger partial charge in [-0.15, -0.1) is 0 Å². The minimum atomic E-state index is -0.284. The maximum Gasteiger partial charge on any atom is 0.265 e. The molecule has 0 aliphatic carbocycles. The highest BCUT2D eigenvalue weighted by atomic mass is 19.1. The Kier molecular flexibility index (Phi) is 5.74. The van der Waals surface area contributed by atoms with Gasteiger partial charge in [-0.2, -0.15) is 0 Å². The van der Waals surface area contributed by atoms with E-state index >= 15 is 0 Å². The van der Waals surface area contributed by atoms with Gasteiger partial charge >= 0.3 is 0 Å². The van der Waals surface area contributed by atoms with Crippen LogP contribution in [-0.2, 0) is 16.0 Å². The van der Waals surface area contributed by atoms with Gasteiger partial charge in [0.25, 0.3) is 5.91 Å². The minimum Gasteiger partial charge on any atom is -0.482 e. The van der Waals surface area contributed by atoms with E-state index in [4.69, 9.17) is 4.74 Å². The van der Waals surface area contributed by atoms with Gasteiger partial charge in [-0.05, 0) is 42.2 Å². The Morgan fingerprint density at radius 1 is 1.19 bits per heavy atom. The molecule has 0 saturated heterocycles. The van der Waals surface area contributed by atoms with Crippen molar-refractivity contribution in [1.82, 2.24) is 5.32 Å². The van der Waals surface area contributed by atoms with Crippen LogP contribution in [0.15, 0.2) is 48.5 Å². The molecule has 1 atom stereocenters. The highest BCUT2D eigenvalue weighted by Gasteiger charge is 2.28. The molecule has 0 saturated carbocycles. The number of nitrogens with one attached hydrogen (secondary N) is 1. The fraction of sp³-hybridized carbons (Fsp3) is 0.333. The lowest BCUT2D eigenvalue weighted by Crippen LogP contribution is -2.48. The number of nitrogens with zero attached hydrogens (tertiary/aromatic N) is 1. The molecular weight excluding hydrogens is 347 g/mol. The van der Waals surface area contributed by atoms with Crippen LogP contribution in [0.1, 0.15) is 19.4 Å². The van der Waals surface area contributed by atoms with Crippen LogP contribution in [0.4, 0.5) is 10.1 Å². The summed E-state index contributed by atoms with van der Waals surface area (Å²) >= 11 is 0. The van der Waals surface area contributed by atoms with Crippen LogP contribution in [0.3, 0.4) is 0 Å². The average molecular weight is 370 g/mol. The average Bonchev–Trinajstić information content (AvgIpc) is 2.65. The van der Waals surface area contributed by atoms with Gasteiger partial charge in [0, 0.05) is 6.04 Å². The quantitative estimate of drug-likeness (QED) is 0.851. The van der Waals surface area contributed by atoms with E-state index in [-0.39, 0.29) is 42.7 Å². The molecule has 5 nitrogen and oxygen atoms in total. The molecule has 142 valence electrons. The van der Waals surface area contributed by atoms with E-state index in [1.807, 2.05) is 19.9 Å². The third-order valence-electron chi connectivity index (χ3n) is 4.63. The molecule has 2 aromatic carbocycles. The zero-order valence-corrected chi connectivity index (χ0v) is 15.4. The summed E-state index contributed by atoms with van der Waals surface area (Å²) in [6, 6.07) is 13.3. The van der Waals surface area contributed by atoms with Crippen molar-refractivity contribution in [2.45, 2.75) is 26.3 Å². The third-order valence-corrected chi connectivity index (χ3v) is 4.63. The normalized spacial score (nSPS) is 14.5. The zero-order chi connectivity index (χ0) is 19.4. The first-order chi connectivity index (χ1) is 12.9. The van der Waals surface area contributed by atoms with Crippen LogP contribution in [-0.4, -0.2) is 31.0 Å². The molecule has 1 aliphatic rings. The summed E-state index contributed by atoms with van der Waals surface area (Å²) in [4.78, 5) is 26.3. The number of hydrogen-bond donors (Lipinski definition) is 1. The Balaban J connectivity index is 1.68. The largest absolute Gasteiger partial charge is 0.482 e. The number of para-hydroxylation sites is 2. The molecule has 0 bridgehead atoms. The molecule has 0 radical (unpaired) electrons. The maximum atomic E-state index is 13.1. The lowest BCUT2D eigenvalue weighted by atomic mass is 9.96. The number of fused-ring (bicyclic) bond motifs is 1. The Bertz CT molecular complexity index is 820. The second-order valence-corrected chi connectivity index (χ2v) is 6.98. The van der Waals surface area contributed by atoms with E-state index in [0.29, 0.717) is 17.9 Å². The molecule has 2 amide bonds. The molecule has 1 heterocycles. The van der Waals surface area contributed by atoms with Gasteiger partial charge in [0.05, 0.1) is 5.69 Å². The Morgan fingerprint density at radius 3 is 2.59 bits per heavy atom. The number of amides is 2. The number of anilines is 1. The number of ether oxygens (including phenoxy) is 1. The summed E-state index contributed by atoms with van der Waals surface area (Å²) in [5, 5.41) is 3.01. The van der Waals surface area contributed by atoms with Crippen molar-refractivity contribution in [1.29, 1.82) is 0 Å². The van der Waals surface area contributed by atoms with Gasteiger partial charge < -0.3 is 10.1 Å². The van der Waals surface area contributed by atoms with Crippen molar-refractivity contribution >= 4 is 17.5 Å². The lowest BCUT2D eigenvalue weighted by Gasteiger charge is -2.30. The monoisotopic (exact) mass is 370 g/mol. The van der Waals surface area contributed by atoms with E-state index in [1.54, 1.807) is 30.3 Å². The van der Waals surface area contributed by atoms with Crippen LogP contribution in [0.25, 0.3) is 0 Å². The summed E-state index contributed by atoms with van der Waals surface area (Å²) in [5.74, 6) is 0.0148. The standard InChI is InChI=1S/C21H23FN2O3/c1-14(2)17(11-15-7-9-16(22)10-8-15)23-20(25)12-24-18-5-3-4-6-19(18)27-13-21(24)26/h3-10,14,17H,11-13H2,1-2H3,(H,23,25)/t17-/m0/s1. The van der Waals surface area contributed by atoms with Crippen molar-refractivity contribution in [2.24, 2.45) is 5.92 Å². The van der Waals surface area contributed by atoms with Gasteiger partial charge in [0.2, 0.25) is 5.91 Å². The molecule has 6 heteroatoms. The summed E-state index contributed by atoms with van der Waals surface area (Å²) in [5.41, 5.74) is 1.55. The Labute approximate surface area is 158 Å². The van der Waals surface area contributed by atoms with Crippen molar-refractivity contribution in [3.63, 3.8) is 0 Å². The number of halogens is 1. The third kappa shape index (κ3) is 4.64. The first kappa shape index (κ1) is 18.9. The van der Waals surface area contributed by atoms with E-state index in [0.717, 1.165) is 5.56 Å². The molecular formula is C21H23FN2O3. The van der Waals surface area contributed by atoms with Gasteiger partial charge in [0.1, 0.15) is 18.1 Å². The van der Waals surface area contributed by atoms with Crippen molar-refractivity contribution < 1.29 is 18.7 Å². The molecule has 1 N–H and O–H groups in total. The molecule has 3 rings (SSSR count). The number of benzene rings is 2. The molecule has 1 aliphatic heterocycles. The SMILES string of the molecule is CC(C)[C@H](Cc1ccc(F)cc1)NC(=O)CN1C(=O)COc2ccccc21. The summed E-state index contributed by atoms with van der Waals surface area (Å²) in [6.07, 6.45) is 0.595. The predicted molar refractivity (Wildman–Crippen MR) is 101 cm³/mol. The van der Waals surface area contributed by atoms with Gasteiger partial charge in [0.15, 0.2) is 6.61 Å². The minimum absolute atomic E-state index is 0.0636. The van der Waals surface area contributed by atoms with Gasteiger partial charge in [-0.1, -0.05) is 38.1 Å². The Morgan fingerprint density at radius 2 is 1.89 bits per heavy atom. The van der Waals surface area contributed by atoms with E-state index in [2.05, 4.69) is 5.32 Å². The first-order valence-corrected chi connectivity index (χ1v) is 9.00. The predicted octanol–water partition coefficient (Wildman–Crippen LogP) is 2.93. The zero-order valence-electron chi connectivity index (χ0n) is 15.4. The fourth-order valence-electron chi connectivity index (χ4n) is 3.05. The van der Waals surface area contributed by atoms with Crippen molar-refractivity contribution in [3.05, 3.63) is 59.9 Å². The topological polar surface area (TPSA) is 58.6 Å². The number of rotatable bonds is 6. The summed E-state index contributed by atoms with van der Waals surface area (Å²) in [7, 11) is 0. The van der Waals surface area contributed by atoms with Gasteiger partial charge in [-0.3, -0.25) is 14.5 Å². The fourth-order valence-corrected chi connectivity index (χ4v) is 3.05. The second-order valence-electron chi connectivity index (χ2n) is 6.98. The molecule has 0 aromatic heterocycles. The molecule has 0 fully saturated rings. The molecule has 0 unspecified atom stereocenters. The lowest BCUT2D eigenvalue weighted by molar-refractivity contribution is -0.125. The summed E-state index contributed by atoms with van der Waals surface area (Å²) in [6.45, 7) is 3.90. The van der Waals surface area contributed by atoms with Crippen LogP contribution in [0.2, 0.25) is 0 Å². The first-order valence-electron chi connectivity index (χ1n) is 9.00. The van der Waals surface area contributed by atoms with E-state index in [1.165, 1.54) is 17.0 Å². The van der Waals surface area contributed by atoms with Crippen LogP contribution < -0.4 is 15.0 Å². The van der Waals surface area contributed by atoms with E-state index < -0.39 is 0 Å². The molecule has 0 spiro atoms. The van der Waals surface area contributed by atoms with Crippen LogP contribution in [0, 0.1) is 11.7 Å². The smallest absolute Gasteiger partial charge is 0.265 e. The van der Waals surface area contributed by atoms with E-state index in [9.17, 15) is 14.0 Å². The number of carbonyl (C=O) groups excluding carboxylic acids is 2. The van der Waals surface area contributed by atoms with Crippen molar-refractivity contribution in [2.75, 3.05) is 18.1 Å². The Hall–Kier alpha value is -2.89. The number of carbonyl (C=O) groups is 2. The van der Waals surface area contributed by atoms with Crippen LogP contribution >= 0.6 is 0 Å². The number of hydrogen-bond acceptors (Lipinski definition) is 3. The highest BCUT2D eigenvalue weighted by Crippen LogP contribution is 2.31. The van der Waals surface area contributed by atoms with Crippen molar-refractivity contribution in [3.8, 4) is 5.75 Å². The highest BCUT2D eigenvalue weighted by molar-refractivity contribution is 6.02. The second kappa shape index (κ2) is 8.20. The summed E-state index contributed by atoms with van der Waals surface area (Å²) < 4.78 is 18.5. The van der Waals surface area contributed by atoms with Crippen LogP contribution in [0.5, 0.6) is 5.75 Å². The van der Waals surface area contributed by atoms with Gasteiger partial charge in [-0.25, -0.2) is 4.39 Å². The molecule has 27 heavy (non-hydrogen) atoms.